The standard InChI is InChI=1S/C31H40N5O5Si/c1-42(2)16-15-39-21-36-27(7-11-33-36)23-4-6-30(32-19-23)41-25-5-3-22-17-26(40-29(22)18-25)20-34-12-8-24(9-13-34)35-14-10-28(37)31(35)38/h3-7,11,18-19,24,26,28,37H,8-10,12-17,20-21H2,1-2H3/t26-,28-/m0/s1. The summed E-state index contributed by atoms with van der Waals surface area (Å²) >= 11 is 0. The molecule has 10 nitrogen and oxygen atoms in total. The lowest BCUT2D eigenvalue weighted by Crippen LogP contribution is -2.48. The molecule has 1 N–H and O–H groups in total. The van der Waals surface area contributed by atoms with Crippen molar-refractivity contribution in [1.82, 2.24) is 24.6 Å². The van der Waals surface area contributed by atoms with Crippen LogP contribution in [0.15, 0.2) is 48.8 Å². The summed E-state index contributed by atoms with van der Waals surface area (Å²) in [5.74, 6) is 1.98. The molecule has 0 spiro atoms. The van der Waals surface area contributed by atoms with E-state index in [4.69, 9.17) is 14.2 Å². The number of carbonyl (C=O) groups excluding carboxylic acids is 1. The van der Waals surface area contributed by atoms with Crippen LogP contribution in [0.5, 0.6) is 17.4 Å². The SMILES string of the molecule is C[Si](C)CCOCn1nccc1-c1ccc(Oc2ccc3c(c2)O[C@H](CN2CCC(N4CC[C@H](O)C4=O)CC2)C3)nc1. The van der Waals surface area contributed by atoms with Crippen molar-refractivity contribution in [1.29, 1.82) is 0 Å². The van der Waals surface area contributed by atoms with Gasteiger partial charge in [0.05, 0.1) is 5.69 Å². The molecule has 223 valence electrons. The van der Waals surface area contributed by atoms with E-state index in [0.29, 0.717) is 31.3 Å². The largest absolute Gasteiger partial charge is 0.488 e. The number of hydrogen-bond acceptors (Lipinski definition) is 8. The molecule has 2 fully saturated rings. The molecule has 0 saturated carbocycles. The number of ether oxygens (including phenoxy) is 3. The molecule has 3 aromatic rings. The number of carbonyl (C=O) groups is 1. The van der Waals surface area contributed by atoms with Crippen LogP contribution in [0.3, 0.4) is 0 Å². The predicted octanol–water partition coefficient (Wildman–Crippen LogP) is 3.83. The van der Waals surface area contributed by atoms with E-state index < -0.39 is 6.10 Å². The molecule has 1 amide bonds. The number of aliphatic hydroxyl groups excluding tert-OH is 1. The van der Waals surface area contributed by atoms with E-state index in [1.807, 2.05) is 39.9 Å². The predicted molar refractivity (Wildman–Crippen MR) is 160 cm³/mol. The highest BCUT2D eigenvalue weighted by Gasteiger charge is 2.36. The first kappa shape index (κ1) is 28.8. The van der Waals surface area contributed by atoms with E-state index in [2.05, 4.69) is 34.1 Å². The number of aliphatic hydroxyl groups is 1. The van der Waals surface area contributed by atoms with Crippen LogP contribution < -0.4 is 9.47 Å². The zero-order chi connectivity index (χ0) is 29.1. The molecule has 42 heavy (non-hydrogen) atoms. The molecule has 11 heteroatoms. The number of hydrogen-bond donors (Lipinski definition) is 1. The molecule has 1 radical (unpaired) electrons. The highest BCUT2D eigenvalue weighted by Crippen LogP contribution is 2.35. The van der Waals surface area contributed by atoms with Gasteiger partial charge in [-0.2, -0.15) is 5.10 Å². The molecular formula is C31H40N5O5Si. The lowest BCUT2D eigenvalue weighted by atomic mass is 10.0. The topological polar surface area (TPSA) is 102 Å². The Morgan fingerprint density at radius 1 is 1.10 bits per heavy atom. The number of rotatable bonds is 11. The Bertz CT molecular complexity index is 1360. The fraction of sp³-hybridized carbons (Fsp3) is 0.516. The van der Waals surface area contributed by atoms with Gasteiger partial charge in [0.1, 0.15) is 30.4 Å². The highest BCUT2D eigenvalue weighted by molar-refractivity contribution is 6.55. The van der Waals surface area contributed by atoms with Gasteiger partial charge < -0.3 is 24.2 Å². The first-order valence-corrected chi connectivity index (χ1v) is 17.7. The number of aromatic nitrogens is 3. The smallest absolute Gasteiger partial charge is 0.251 e. The second-order valence-electron chi connectivity index (χ2n) is 11.8. The molecule has 3 aliphatic heterocycles. The normalized spacial score (nSPS) is 21.2. The minimum absolute atomic E-state index is 0.0974. The Balaban J connectivity index is 0.989. The minimum atomic E-state index is -0.807. The number of nitrogens with zero attached hydrogens (tertiary/aromatic N) is 5. The summed E-state index contributed by atoms with van der Waals surface area (Å²) in [7, 11) is -0.291. The minimum Gasteiger partial charge on any atom is -0.488 e. The van der Waals surface area contributed by atoms with Crippen molar-refractivity contribution in [3.05, 3.63) is 54.4 Å². The molecule has 5 heterocycles. The van der Waals surface area contributed by atoms with Crippen molar-refractivity contribution in [3.8, 4) is 28.6 Å². The number of fused-ring (bicyclic) bond motifs is 1. The quantitative estimate of drug-likeness (QED) is 0.266. The second kappa shape index (κ2) is 12.9. The van der Waals surface area contributed by atoms with E-state index in [1.54, 1.807) is 12.4 Å². The third-order valence-corrected chi connectivity index (χ3v) is 9.59. The van der Waals surface area contributed by atoms with Crippen LogP contribution in [0.1, 0.15) is 24.8 Å². The number of pyridine rings is 1. The number of amides is 1. The fourth-order valence-electron chi connectivity index (χ4n) is 6.02. The van der Waals surface area contributed by atoms with Crippen LogP contribution in [0.4, 0.5) is 0 Å². The molecule has 6 rings (SSSR count). The number of likely N-dealkylation sites (tertiary alicyclic amines) is 2. The Kier molecular flexibility index (Phi) is 8.89. The van der Waals surface area contributed by atoms with Crippen molar-refractivity contribution < 1.29 is 24.1 Å². The summed E-state index contributed by atoms with van der Waals surface area (Å²) in [5, 5.41) is 14.2. The molecule has 1 aromatic carbocycles. The first-order chi connectivity index (χ1) is 20.4. The van der Waals surface area contributed by atoms with Crippen LogP contribution in [0, 0.1) is 0 Å². The van der Waals surface area contributed by atoms with Gasteiger partial charge in [0.25, 0.3) is 5.91 Å². The van der Waals surface area contributed by atoms with Gasteiger partial charge in [0.15, 0.2) is 0 Å². The lowest BCUT2D eigenvalue weighted by molar-refractivity contribution is -0.137. The fourth-order valence-corrected chi connectivity index (χ4v) is 6.57. The van der Waals surface area contributed by atoms with Crippen molar-refractivity contribution >= 4 is 14.7 Å². The van der Waals surface area contributed by atoms with E-state index >= 15 is 0 Å². The summed E-state index contributed by atoms with van der Waals surface area (Å²) in [6, 6.07) is 13.2. The van der Waals surface area contributed by atoms with Crippen molar-refractivity contribution in [2.45, 2.75) is 69.8 Å². The molecule has 0 unspecified atom stereocenters. The van der Waals surface area contributed by atoms with Gasteiger partial charge in [0, 0.05) is 84.1 Å². The molecule has 0 bridgehead atoms. The van der Waals surface area contributed by atoms with Crippen LogP contribution in [0.2, 0.25) is 19.1 Å². The van der Waals surface area contributed by atoms with Gasteiger partial charge in [0.2, 0.25) is 5.88 Å². The maximum Gasteiger partial charge on any atom is 0.251 e. The summed E-state index contributed by atoms with van der Waals surface area (Å²) in [4.78, 5) is 21.0. The zero-order valence-corrected chi connectivity index (χ0v) is 25.4. The second-order valence-corrected chi connectivity index (χ2v) is 14.7. The monoisotopic (exact) mass is 590 g/mol. The van der Waals surface area contributed by atoms with Crippen LogP contribution in [-0.2, 0) is 22.7 Å². The highest BCUT2D eigenvalue weighted by atomic mass is 28.3. The van der Waals surface area contributed by atoms with Crippen molar-refractivity contribution in [2.75, 3.05) is 32.8 Å². The first-order valence-electron chi connectivity index (χ1n) is 15.0. The molecule has 2 aromatic heterocycles. The van der Waals surface area contributed by atoms with E-state index in [9.17, 15) is 9.90 Å². The maximum atomic E-state index is 12.2. The Morgan fingerprint density at radius 3 is 2.69 bits per heavy atom. The summed E-state index contributed by atoms with van der Waals surface area (Å²) < 4.78 is 20.1. The third-order valence-electron chi connectivity index (χ3n) is 8.38. The Morgan fingerprint density at radius 2 is 1.95 bits per heavy atom. The average molecular weight is 591 g/mol. The molecule has 3 aliphatic rings. The van der Waals surface area contributed by atoms with E-state index in [0.717, 1.165) is 68.6 Å². The van der Waals surface area contributed by atoms with Gasteiger partial charge in [-0.05, 0) is 49.1 Å². The van der Waals surface area contributed by atoms with Gasteiger partial charge in [-0.3, -0.25) is 9.69 Å². The van der Waals surface area contributed by atoms with Crippen LogP contribution >= 0.6 is 0 Å². The number of benzene rings is 1. The summed E-state index contributed by atoms with van der Waals surface area (Å²) in [6.07, 6.45) is 6.18. The zero-order valence-electron chi connectivity index (χ0n) is 24.4. The van der Waals surface area contributed by atoms with E-state index in [-0.39, 0.29) is 26.8 Å². The van der Waals surface area contributed by atoms with Gasteiger partial charge in [-0.25, -0.2) is 9.67 Å². The molecular weight excluding hydrogens is 550 g/mol. The molecule has 0 aliphatic carbocycles. The Labute approximate surface area is 248 Å². The van der Waals surface area contributed by atoms with E-state index in [1.165, 1.54) is 5.56 Å². The summed E-state index contributed by atoms with van der Waals surface area (Å²) in [5.41, 5.74) is 3.10. The Hall–Kier alpha value is -3.25. The number of piperidine rings is 1. The van der Waals surface area contributed by atoms with Gasteiger partial charge in [-0.15, -0.1) is 0 Å². The van der Waals surface area contributed by atoms with Crippen molar-refractivity contribution in [3.63, 3.8) is 0 Å². The van der Waals surface area contributed by atoms with Crippen LogP contribution in [0.25, 0.3) is 11.3 Å². The summed E-state index contributed by atoms with van der Waals surface area (Å²) in [6.45, 7) is 9.16. The van der Waals surface area contributed by atoms with Gasteiger partial charge in [-0.1, -0.05) is 19.2 Å². The molecule has 2 saturated heterocycles. The average Bonchev–Trinajstić information content (AvgIpc) is 3.70. The lowest BCUT2D eigenvalue weighted by Gasteiger charge is -2.37. The third kappa shape index (κ3) is 6.70. The molecule has 2 atom stereocenters. The van der Waals surface area contributed by atoms with Crippen molar-refractivity contribution in [2.24, 2.45) is 0 Å². The maximum absolute atomic E-state index is 12.2. The van der Waals surface area contributed by atoms with Crippen LogP contribution in [-0.4, -0.2) is 95.4 Å². The van der Waals surface area contributed by atoms with Gasteiger partial charge >= 0.3 is 0 Å².